The van der Waals surface area contributed by atoms with Gasteiger partial charge in [0.2, 0.25) is 5.96 Å². The Bertz CT molecular complexity index is 216. The summed E-state index contributed by atoms with van der Waals surface area (Å²) >= 11 is -1.07. The Hall–Kier alpha value is 0.520. The van der Waals surface area contributed by atoms with Crippen LogP contribution in [0.25, 0.3) is 0 Å². The van der Waals surface area contributed by atoms with E-state index < -0.39 is 20.5 Å². The predicted octanol–water partition coefficient (Wildman–Crippen LogP) is 2.33. The number of hydrogen-bond acceptors (Lipinski definition) is 2. The molecule has 0 fully saturated rings. The molecule has 2 N–H and O–H groups in total. The molecule has 0 aliphatic carbocycles. The average Bonchev–Trinajstić information content (AvgIpc) is 2.25. The van der Waals surface area contributed by atoms with Crippen molar-refractivity contribution in [2.45, 2.75) is 47.1 Å². The summed E-state index contributed by atoms with van der Waals surface area (Å²) in [6, 6.07) is 0. The molecule has 0 spiro atoms. The molecular weight excluding hydrogens is 374 g/mol. The average molecular weight is 401 g/mol. The Labute approximate surface area is 130 Å². The van der Waals surface area contributed by atoms with E-state index in [-0.39, 0.29) is 5.54 Å². The third kappa shape index (κ3) is 14.6. The van der Waals surface area contributed by atoms with Gasteiger partial charge < -0.3 is 10.6 Å². The molecule has 18 heavy (non-hydrogen) atoms. The SMILES string of the molecule is CCNC(=NN(CC)CC)NC(C)(C)C.[Cl][InH][Cl]. The Morgan fingerprint density at radius 2 is 1.61 bits per heavy atom. The van der Waals surface area contributed by atoms with E-state index in [0.29, 0.717) is 0 Å². The second kappa shape index (κ2) is 12.5. The molecule has 0 amide bonds. The van der Waals surface area contributed by atoms with E-state index in [1.807, 2.05) is 5.01 Å². The first-order valence-corrected chi connectivity index (χ1v) is 16.5. The van der Waals surface area contributed by atoms with Crippen molar-refractivity contribution in [3.8, 4) is 0 Å². The molecule has 0 aliphatic heterocycles. The third-order valence-corrected chi connectivity index (χ3v) is 1.81. The van der Waals surface area contributed by atoms with Gasteiger partial charge in [-0.3, -0.25) is 5.01 Å². The number of rotatable bonds is 4. The number of nitrogens with one attached hydrogen (secondary N) is 2. The van der Waals surface area contributed by atoms with Gasteiger partial charge in [0.15, 0.2) is 0 Å². The van der Waals surface area contributed by atoms with Crippen molar-refractivity contribution in [1.29, 1.82) is 0 Å². The third-order valence-electron chi connectivity index (χ3n) is 1.81. The van der Waals surface area contributed by atoms with Crippen LogP contribution in [0.5, 0.6) is 0 Å². The van der Waals surface area contributed by atoms with Crippen molar-refractivity contribution in [1.82, 2.24) is 15.6 Å². The van der Waals surface area contributed by atoms with Crippen molar-refractivity contribution in [2.24, 2.45) is 5.10 Å². The summed E-state index contributed by atoms with van der Waals surface area (Å²) in [4.78, 5) is 0. The van der Waals surface area contributed by atoms with Gasteiger partial charge >= 0.3 is 37.7 Å². The molecule has 0 saturated heterocycles. The molecule has 0 unspecified atom stereocenters. The molecule has 0 heterocycles. The Morgan fingerprint density at radius 1 is 1.17 bits per heavy atom. The second-order valence-corrected chi connectivity index (χ2v) is 10.6. The quantitative estimate of drug-likeness (QED) is 0.432. The molecule has 108 valence electrons. The van der Waals surface area contributed by atoms with Crippen LogP contribution in [0, 0.1) is 0 Å². The van der Waals surface area contributed by atoms with Crippen LogP contribution in [-0.4, -0.2) is 56.7 Å². The Kier molecular flexibility index (Phi) is 14.5. The Morgan fingerprint density at radius 3 is 1.89 bits per heavy atom. The predicted molar refractivity (Wildman–Crippen MR) is 85.8 cm³/mol. The van der Waals surface area contributed by atoms with E-state index >= 15 is 0 Å². The van der Waals surface area contributed by atoms with Crippen LogP contribution in [0.1, 0.15) is 41.5 Å². The standard InChI is InChI=1S/C11H26N4.2ClH.In.H/c1-7-12-10(13-11(4,5)6)14-15(8-2)9-3;;;;/h7-9H2,1-6H3,(H2,12,13,14);2*1H;;/q;;;+2;/p-2. The number of hydrogen-bond donors (Lipinski definition) is 2. The number of guanidine groups is 1. The minimum absolute atomic E-state index is 0.0359. The number of nitrogens with zero attached hydrogens (tertiary/aromatic N) is 2. The summed E-state index contributed by atoms with van der Waals surface area (Å²) in [6.07, 6.45) is 0. The van der Waals surface area contributed by atoms with Crippen molar-refractivity contribution in [3.05, 3.63) is 0 Å². The molecule has 0 rings (SSSR count). The summed E-state index contributed by atoms with van der Waals surface area (Å²) in [5.41, 5.74) is 0.0359. The molecule has 4 nitrogen and oxygen atoms in total. The molecule has 0 aliphatic rings. The first kappa shape index (κ1) is 20.8. The molecule has 0 radical (unpaired) electrons. The first-order chi connectivity index (χ1) is 8.34. The van der Waals surface area contributed by atoms with Gasteiger partial charge in [0.1, 0.15) is 0 Å². The summed E-state index contributed by atoms with van der Waals surface area (Å²) in [6.45, 7) is 15.4. The zero-order chi connectivity index (χ0) is 14.6. The fraction of sp³-hybridized carbons (Fsp3) is 0.909. The zero-order valence-corrected chi connectivity index (χ0v) is 18.0. The summed E-state index contributed by atoms with van der Waals surface area (Å²) < 4.78 is 0. The zero-order valence-electron chi connectivity index (χ0n) is 12.5. The second-order valence-electron chi connectivity index (χ2n) is 4.59. The fourth-order valence-corrected chi connectivity index (χ4v) is 1.13. The minimum atomic E-state index is -1.07. The fourth-order valence-electron chi connectivity index (χ4n) is 1.13. The van der Waals surface area contributed by atoms with Gasteiger partial charge in [0.25, 0.3) is 0 Å². The van der Waals surface area contributed by atoms with Gasteiger partial charge in [-0.1, -0.05) is 0 Å². The van der Waals surface area contributed by atoms with E-state index in [1.165, 1.54) is 0 Å². The maximum absolute atomic E-state index is 4.97. The molecular formula is C11H27Cl2InN4. The van der Waals surface area contributed by atoms with Gasteiger partial charge in [-0.15, -0.1) is 5.10 Å². The Balaban J connectivity index is 0. The van der Waals surface area contributed by atoms with Gasteiger partial charge in [0, 0.05) is 25.2 Å². The van der Waals surface area contributed by atoms with Crippen LogP contribution >= 0.6 is 17.2 Å². The van der Waals surface area contributed by atoms with Gasteiger partial charge in [-0.2, -0.15) is 0 Å². The van der Waals surface area contributed by atoms with Crippen LogP contribution in [0.2, 0.25) is 0 Å². The molecule has 0 aromatic rings. The topological polar surface area (TPSA) is 39.7 Å². The monoisotopic (exact) mass is 400 g/mol. The molecule has 0 aromatic carbocycles. The van der Waals surface area contributed by atoms with E-state index in [0.717, 1.165) is 25.6 Å². The number of halogens is 2. The number of hydrazone groups is 1. The van der Waals surface area contributed by atoms with E-state index in [2.05, 4.69) is 57.3 Å². The van der Waals surface area contributed by atoms with Crippen LogP contribution in [-0.2, 0) is 0 Å². The van der Waals surface area contributed by atoms with Crippen molar-refractivity contribution in [2.75, 3.05) is 19.6 Å². The van der Waals surface area contributed by atoms with Crippen LogP contribution in [0.3, 0.4) is 0 Å². The summed E-state index contributed by atoms with van der Waals surface area (Å²) in [5.74, 6) is 0.855. The van der Waals surface area contributed by atoms with Crippen molar-refractivity contribution in [3.63, 3.8) is 0 Å². The van der Waals surface area contributed by atoms with Crippen LogP contribution < -0.4 is 10.6 Å². The maximum atomic E-state index is 4.97. The molecule has 0 bridgehead atoms. The van der Waals surface area contributed by atoms with Gasteiger partial charge in [-0.05, 0) is 41.5 Å². The summed E-state index contributed by atoms with van der Waals surface area (Å²) in [7, 11) is 9.95. The molecule has 0 aromatic heterocycles. The van der Waals surface area contributed by atoms with Crippen molar-refractivity contribution < 1.29 is 0 Å². The summed E-state index contributed by atoms with van der Waals surface area (Å²) in [5, 5.41) is 13.1. The molecule has 0 saturated carbocycles. The van der Waals surface area contributed by atoms with Crippen LogP contribution in [0.4, 0.5) is 0 Å². The van der Waals surface area contributed by atoms with Crippen molar-refractivity contribution >= 4 is 43.7 Å². The van der Waals surface area contributed by atoms with Crippen LogP contribution in [0.15, 0.2) is 5.10 Å². The molecule has 0 atom stereocenters. The molecule has 7 heteroatoms. The normalized spacial score (nSPS) is 11.2. The van der Waals surface area contributed by atoms with E-state index in [9.17, 15) is 0 Å². The first-order valence-electron chi connectivity index (χ1n) is 6.32. The van der Waals surface area contributed by atoms with E-state index in [4.69, 9.17) is 17.2 Å². The van der Waals surface area contributed by atoms with E-state index in [1.54, 1.807) is 0 Å². The van der Waals surface area contributed by atoms with Gasteiger partial charge in [0.05, 0.1) is 0 Å². The van der Waals surface area contributed by atoms with Gasteiger partial charge in [-0.25, -0.2) is 0 Å².